The summed E-state index contributed by atoms with van der Waals surface area (Å²) in [6.07, 6.45) is -7.13. The number of hydrogen-bond acceptors (Lipinski definition) is 5. The molecular formula is C26H13F8N3OS. The van der Waals surface area contributed by atoms with Crippen LogP contribution in [0.3, 0.4) is 0 Å². The van der Waals surface area contributed by atoms with Gasteiger partial charge >= 0.3 is 12.3 Å². The van der Waals surface area contributed by atoms with E-state index in [9.17, 15) is 35.1 Å². The normalized spacial score (nSPS) is 12.2. The van der Waals surface area contributed by atoms with Gasteiger partial charge in [0.05, 0.1) is 10.2 Å². The molecule has 3 aromatic carbocycles. The Morgan fingerprint density at radius 3 is 2.05 bits per heavy atom. The molecule has 13 heteroatoms. The molecule has 5 aromatic rings. The largest absolute Gasteiger partial charge is 0.462 e. The Hall–Kier alpha value is -4.13. The molecule has 0 bridgehead atoms. The molecular weight excluding hydrogens is 554 g/mol. The smallest absolute Gasteiger partial charge is 0.426 e. The van der Waals surface area contributed by atoms with Gasteiger partial charge in [-0.05, 0) is 54.4 Å². The third kappa shape index (κ3) is 5.26. The Bertz CT molecular complexity index is 1680. The molecule has 0 aliphatic rings. The number of halogens is 8. The zero-order valence-electron chi connectivity index (χ0n) is 19.5. The average Bonchev–Trinajstić information content (AvgIpc) is 3.26. The Labute approximate surface area is 218 Å². The first-order chi connectivity index (χ1) is 18.3. The third-order valence-electron chi connectivity index (χ3n) is 5.53. The third-order valence-corrected chi connectivity index (χ3v) is 6.59. The number of aryl methyl sites for hydroxylation is 1. The van der Waals surface area contributed by atoms with E-state index in [1.807, 2.05) is 25.1 Å². The van der Waals surface area contributed by atoms with Crippen molar-refractivity contribution in [2.24, 2.45) is 0 Å². The monoisotopic (exact) mass is 567 g/mol. The molecule has 0 unspecified atom stereocenters. The van der Waals surface area contributed by atoms with Crippen molar-refractivity contribution in [3.05, 3.63) is 95.3 Å². The zero-order chi connectivity index (χ0) is 28.1. The number of hydrogen-bond donors (Lipinski definition) is 0. The van der Waals surface area contributed by atoms with Gasteiger partial charge in [0.15, 0.2) is 0 Å². The van der Waals surface area contributed by atoms with Crippen LogP contribution in [0.2, 0.25) is 0 Å². The number of rotatable bonds is 5. The number of aromatic nitrogens is 3. The lowest BCUT2D eigenvalue weighted by molar-refractivity contribution is -0.192. The van der Waals surface area contributed by atoms with Crippen molar-refractivity contribution < 1.29 is 39.9 Å². The maximum absolute atomic E-state index is 14.7. The van der Waals surface area contributed by atoms with Gasteiger partial charge in [-0.1, -0.05) is 6.07 Å². The lowest BCUT2D eigenvalue weighted by Crippen LogP contribution is -2.25. The molecule has 0 fully saturated rings. The summed E-state index contributed by atoms with van der Waals surface area (Å²) in [5, 5.41) is 0.514. The van der Waals surface area contributed by atoms with Crippen molar-refractivity contribution in [1.29, 1.82) is 0 Å². The van der Waals surface area contributed by atoms with Crippen LogP contribution >= 0.6 is 11.3 Å². The Morgan fingerprint density at radius 2 is 1.44 bits per heavy atom. The van der Waals surface area contributed by atoms with E-state index >= 15 is 0 Å². The Kier molecular flexibility index (Phi) is 6.49. The number of fused-ring (bicyclic) bond motifs is 1. The molecule has 0 aliphatic heterocycles. The standard InChI is InChI=1S/C26H13F8N3OS/c1-12-2-5-20-21(6-12)39-23(37-20)14-10-35-24(36-11-14)26(33,34)38-15-3-4-16(17(27)9-15)13-7-18(28)22(19(29)8-13)25(30,31)32/h2-11H,1H3. The fraction of sp³-hybridized carbons (Fsp3) is 0.115. The van der Waals surface area contributed by atoms with Crippen LogP contribution in [0.5, 0.6) is 5.75 Å². The highest BCUT2D eigenvalue weighted by molar-refractivity contribution is 7.21. The van der Waals surface area contributed by atoms with Crippen LogP contribution in [-0.4, -0.2) is 15.0 Å². The van der Waals surface area contributed by atoms with Crippen LogP contribution in [-0.2, 0) is 12.3 Å². The summed E-state index contributed by atoms with van der Waals surface area (Å²) < 4.78 is 116. The first-order valence-electron chi connectivity index (χ1n) is 10.9. The first-order valence-corrected chi connectivity index (χ1v) is 11.8. The van der Waals surface area contributed by atoms with E-state index in [1.165, 1.54) is 11.3 Å². The lowest BCUT2D eigenvalue weighted by Gasteiger charge is -2.17. The van der Waals surface area contributed by atoms with E-state index in [0.717, 1.165) is 40.3 Å². The van der Waals surface area contributed by atoms with E-state index in [-0.39, 0.29) is 0 Å². The van der Waals surface area contributed by atoms with Crippen molar-refractivity contribution >= 4 is 21.6 Å². The van der Waals surface area contributed by atoms with Crippen LogP contribution < -0.4 is 4.74 Å². The number of alkyl halides is 5. The molecule has 0 radical (unpaired) electrons. The predicted molar refractivity (Wildman–Crippen MR) is 127 cm³/mol. The van der Waals surface area contributed by atoms with Gasteiger partial charge in [0.2, 0.25) is 5.82 Å². The van der Waals surface area contributed by atoms with Crippen LogP contribution in [0, 0.1) is 24.4 Å². The fourth-order valence-electron chi connectivity index (χ4n) is 3.73. The first kappa shape index (κ1) is 26.5. The van der Waals surface area contributed by atoms with Crippen LogP contribution in [0.4, 0.5) is 35.1 Å². The van der Waals surface area contributed by atoms with Crippen molar-refractivity contribution in [2.75, 3.05) is 0 Å². The minimum Gasteiger partial charge on any atom is -0.426 e. The number of thiazole rings is 1. The Balaban J connectivity index is 1.36. The molecule has 0 atom stereocenters. The van der Waals surface area contributed by atoms with Crippen LogP contribution in [0.15, 0.2) is 60.9 Å². The van der Waals surface area contributed by atoms with Crippen LogP contribution in [0.25, 0.3) is 31.9 Å². The van der Waals surface area contributed by atoms with E-state index in [2.05, 4.69) is 19.7 Å². The molecule has 0 saturated heterocycles. The van der Waals surface area contributed by atoms with Crippen molar-refractivity contribution in [2.45, 2.75) is 19.2 Å². The number of ether oxygens (including phenoxy) is 1. The van der Waals surface area contributed by atoms with Gasteiger partial charge in [-0.25, -0.2) is 28.1 Å². The van der Waals surface area contributed by atoms with Crippen LogP contribution in [0.1, 0.15) is 17.0 Å². The molecule has 5 rings (SSSR count). The van der Waals surface area contributed by atoms with Crippen molar-refractivity contribution in [3.8, 4) is 27.4 Å². The van der Waals surface area contributed by atoms with E-state index in [0.29, 0.717) is 28.8 Å². The van der Waals surface area contributed by atoms with Gasteiger partial charge in [0.25, 0.3) is 0 Å². The molecule has 0 spiro atoms. The topological polar surface area (TPSA) is 47.9 Å². The highest BCUT2D eigenvalue weighted by Gasteiger charge is 2.39. The summed E-state index contributed by atoms with van der Waals surface area (Å²) in [7, 11) is 0. The van der Waals surface area contributed by atoms with Gasteiger partial charge < -0.3 is 4.74 Å². The lowest BCUT2D eigenvalue weighted by atomic mass is 10.0. The predicted octanol–water partition coefficient (Wildman–Crippen LogP) is 8.29. The average molecular weight is 567 g/mol. The minimum atomic E-state index is -5.30. The fourth-order valence-corrected chi connectivity index (χ4v) is 4.77. The minimum absolute atomic E-state index is 0.293. The molecule has 2 aromatic heterocycles. The van der Waals surface area contributed by atoms with Gasteiger partial charge in [-0.2, -0.15) is 22.0 Å². The zero-order valence-corrected chi connectivity index (χ0v) is 20.3. The van der Waals surface area contributed by atoms with E-state index < -0.39 is 58.0 Å². The quantitative estimate of drug-likeness (QED) is 0.201. The van der Waals surface area contributed by atoms with E-state index in [1.54, 1.807) is 0 Å². The summed E-state index contributed by atoms with van der Waals surface area (Å²) in [6.45, 7) is 1.92. The summed E-state index contributed by atoms with van der Waals surface area (Å²) in [5.74, 6) is -6.90. The molecule has 39 heavy (non-hydrogen) atoms. The highest BCUT2D eigenvalue weighted by Crippen LogP contribution is 2.38. The molecule has 0 aliphatic carbocycles. The van der Waals surface area contributed by atoms with Gasteiger partial charge in [0, 0.05) is 29.6 Å². The molecule has 2 heterocycles. The number of nitrogens with zero attached hydrogens (tertiary/aromatic N) is 3. The van der Waals surface area contributed by atoms with Gasteiger partial charge in [-0.3, -0.25) is 0 Å². The Morgan fingerprint density at radius 1 is 0.769 bits per heavy atom. The SMILES string of the molecule is Cc1ccc2nc(-c3cnc(C(F)(F)Oc4ccc(-c5cc(F)c(C(F)(F)F)c(F)c5)c(F)c4)nc3)sc2c1. The maximum atomic E-state index is 14.7. The summed E-state index contributed by atoms with van der Waals surface area (Å²) in [6, 6.07) is 8.42. The molecule has 0 amide bonds. The van der Waals surface area contributed by atoms with Gasteiger partial charge in [0.1, 0.15) is 33.8 Å². The maximum Gasteiger partial charge on any atom is 0.462 e. The molecule has 0 N–H and O–H groups in total. The summed E-state index contributed by atoms with van der Waals surface area (Å²) >= 11 is 1.33. The number of benzene rings is 3. The molecule has 4 nitrogen and oxygen atoms in total. The molecule has 200 valence electrons. The highest BCUT2D eigenvalue weighted by atomic mass is 32.1. The van der Waals surface area contributed by atoms with Crippen molar-refractivity contribution in [3.63, 3.8) is 0 Å². The summed E-state index contributed by atoms with van der Waals surface area (Å²) in [5.41, 5.74) is -1.09. The second kappa shape index (κ2) is 9.56. The molecule has 0 saturated carbocycles. The second-order valence-corrected chi connectivity index (χ2v) is 9.39. The second-order valence-electron chi connectivity index (χ2n) is 8.36. The van der Waals surface area contributed by atoms with E-state index in [4.69, 9.17) is 0 Å². The summed E-state index contributed by atoms with van der Waals surface area (Å²) in [4.78, 5) is 11.7. The van der Waals surface area contributed by atoms with Crippen molar-refractivity contribution in [1.82, 2.24) is 15.0 Å². The van der Waals surface area contributed by atoms with Gasteiger partial charge in [-0.15, -0.1) is 11.3 Å².